The second-order valence-electron chi connectivity index (χ2n) is 7.52. The highest BCUT2D eigenvalue weighted by Gasteiger charge is 2.21. The summed E-state index contributed by atoms with van der Waals surface area (Å²) >= 11 is 1.11. The molecule has 0 fully saturated rings. The van der Waals surface area contributed by atoms with E-state index in [1.165, 1.54) is 25.1 Å². The molecule has 3 aromatic rings. The molecular weight excluding hydrogens is 434 g/mol. The maximum Gasteiger partial charge on any atom is 0.348 e. The second kappa shape index (κ2) is 9.82. The van der Waals surface area contributed by atoms with Crippen molar-refractivity contribution < 1.29 is 23.8 Å². The van der Waals surface area contributed by atoms with Gasteiger partial charge in [-0.25, -0.2) is 9.78 Å². The number of nitrogens with zero attached hydrogens (tertiary/aromatic N) is 2. The van der Waals surface area contributed by atoms with Gasteiger partial charge in [0.05, 0.1) is 32.5 Å². The number of fused-ring (bicyclic) bond motifs is 1. The Morgan fingerprint density at radius 3 is 2.56 bits per heavy atom. The maximum atomic E-state index is 13.0. The summed E-state index contributed by atoms with van der Waals surface area (Å²) in [5.74, 6) is 0.317. The number of esters is 1. The summed E-state index contributed by atoms with van der Waals surface area (Å²) in [6.45, 7) is 5.62. The number of nitrogens with one attached hydrogen (secondary N) is 1. The van der Waals surface area contributed by atoms with Crippen LogP contribution in [0.4, 0.5) is 5.69 Å². The van der Waals surface area contributed by atoms with E-state index in [2.05, 4.69) is 10.3 Å². The molecule has 32 heavy (non-hydrogen) atoms. The number of aromatic nitrogens is 2. The first-order valence-electron chi connectivity index (χ1n) is 9.92. The zero-order chi connectivity index (χ0) is 23.4. The van der Waals surface area contributed by atoms with Crippen LogP contribution >= 0.6 is 11.3 Å². The van der Waals surface area contributed by atoms with Gasteiger partial charge in [0.15, 0.2) is 11.5 Å². The lowest BCUT2D eigenvalue weighted by Gasteiger charge is -2.11. The Kier molecular flexibility index (Phi) is 7.14. The number of benzene rings is 1. The number of carbonyl (C=O) groups is 2. The van der Waals surface area contributed by atoms with E-state index in [0.29, 0.717) is 44.5 Å². The fourth-order valence-corrected chi connectivity index (χ4v) is 4.08. The lowest BCUT2D eigenvalue weighted by atomic mass is 10.2. The summed E-state index contributed by atoms with van der Waals surface area (Å²) in [6, 6.07) is 4.96. The number of carbonyl (C=O) groups excluding carboxylic acids is 2. The minimum Gasteiger partial charge on any atom is -0.493 e. The van der Waals surface area contributed by atoms with Gasteiger partial charge in [0, 0.05) is 11.8 Å². The summed E-state index contributed by atoms with van der Waals surface area (Å²) in [5, 5.41) is 3.04. The first-order chi connectivity index (χ1) is 15.2. The van der Waals surface area contributed by atoms with Crippen molar-refractivity contribution in [2.75, 3.05) is 26.1 Å². The normalized spacial score (nSPS) is 10.9. The molecule has 0 aliphatic heterocycles. The Morgan fingerprint density at radius 2 is 1.91 bits per heavy atom. The van der Waals surface area contributed by atoms with E-state index in [1.807, 2.05) is 13.8 Å². The second-order valence-corrected chi connectivity index (χ2v) is 8.52. The van der Waals surface area contributed by atoms with Gasteiger partial charge in [-0.2, -0.15) is 0 Å². The SMILES string of the molecule is COc1ccc(NC(=O)Cn2cnc3sc(C(=O)OCC(C)C)c(C)c3c2=O)cc1OC. The van der Waals surface area contributed by atoms with Crippen molar-refractivity contribution in [3.05, 3.63) is 45.3 Å². The molecule has 1 N–H and O–H groups in total. The Morgan fingerprint density at radius 1 is 1.19 bits per heavy atom. The molecule has 0 spiro atoms. The molecule has 1 amide bonds. The standard InChI is InChI=1S/C22H25N3O6S/c1-12(2)10-31-22(28)19-13(3)18-20(32-19)23-11-25(21(18)27)9-17(26)24-14-6-7-15(29-4)16(8-14)30-5/h6-8,11-12H,9-10H2,1-5H3,(H,24,26). The van der Waals surface area contributed by atoms with Gasteiger partial charge in [0.25, 0.3) is 5.56 Å². The Balaban J connectivity index is 1.81. The van der Waals surface area contributed by atoms with Crippen LogP contribution in [-0.2, 0) is 16.1 Å². The van der Waals surface area contributed by atoms with Gasteiger partial charge >= 0.3 is 5.97 Å². The van der Waals surface area contributed by atoms with Crippen LogP contribution in [0.2, 0.25) is 0 Å². The van der Waals surface area contributed by atoms with E-state index < -0.39 is 17.4 Å². The third-order valence-electron chi connectivity index (χ3n) is 4.63. The number of hydrogen-bond acceptors (Lipinski definition) is 8. The van der Waals surface area contributed by atoms with Gasteiger partial charge in [-0.05, 0) is 30.5 Å². The van der Waals surface area contributed by atoms with Crippen molar-refractivity contribution in [3.63, 3.8) is 0 Å². The molecule has 0 aliphatic rings. The van der Waals surface area contributed by atoms with Gasteiger partial charge in [-0.1, -0.05) is 13.8 Å². The van der Waals surface area contributed by atoms with Crippen LogP contribution < -0.4 is 20.3 Å². The predicted molar refractivity (Wildman–Crippen MR) is 122 cm³/mol. The average Bonchev–Trinajstić information content (AvgIpc) is 3.11. The van der Waals surface area contributed by atoms with Crippen molar-refractivity contribution in [1.82, 2.24) is 9.55 Å². The van der Waals surface area contributed by atoms with E-state index in [0.717, 1.165) is 11.3 Å². The fraction of sp³-hybridized carbons (Fsp3) is 0.364. The molecule has 2 aromatic heterocycles. The molecule has 0 bridgehead atoms. The smallest absolute Gasteiger partial charge is 0.348 e. The van der Waals surface area contributed by atoms with E-state index in [9.17, 15) is 14.4 Å². The number of amides is 1. The van der Waals surface area contributed by atoms with Crippen LogP contribution in [0.15, 0.2) is 29.3 Å². The minimum absolute atomic E-state index is 0.202. The van der Waals surface area contributed by atoms with Crippen LogP contribution in [0.25, 0.3) is 10.2 Å². The highest BCUT2D eigenvalue weighted by atomic mass is 32.1. The van der Waals surface area contributed by atoms with Gasteiger partial charge < -0.3 is 19.5 Å². The average molecular weight is 460 g/mol. The third kappa shape index (κ3) is 4.91. The monoisotopic (exact) mass is 459 g/mol. The van der Waals surface area contributed by atoms with Crippen molar-refractivity contribution >= 4 is 39.1 Å². The lowest BCUT2D eigenvalue weighted by Crippen LogP contribution is -2.28. The maximum absolute atomic E-state index is 13.0. The Labute approximate surface area is 188 Å². The van der Waals surface area contributed by atoms with Crippen molar-refractivity contribution in [2.45, 2.75) is 27.3 Å². The molecule has 0 saturated carbocycles. The Hall–Kier alpha value is -3.40. The topological polar surface area (TPSA) is 109 Å². The number of ether oxygens (including phenoxy) is 3. The van der Waals surface area contributed by atoms with Crippen LogP contribution in [0.1, 0.15) is 29.1 Å². The van der Waals surface area contributed by atoms with Crippen molar-refractivity contribution in [1.29, 1.82) is 0 Å². The number of hydrogen-bond donors (Lipinski definition) is 1. The predicted octanol–water partition coefficient (Wildman–Crippen LogP) is 3.24. The molecule has 3 rings (SSSR count). The van der Waals surface area contributed by atoms with Crippen LogP contribution in [-0.4, -0.2) is 42.3 Å². The van der Waals surface area contributed by atoms with Crippen LogP contribution in [0, 0.1) is 12.8 Å². The zero-order valence-corrected chi connectivity index (χ0v) is 19.4. The zero-order valence-electron chi connectivity index (χ0n) is 18.6. The number of methoxy groups -OCH3 is 2. The number of anilines is 1. The first kappa shape index (κ1) is 23.3. The number of rotatable bonds is 8. The Bertz CT molecular complexity index is 1210. The summed E-state index contributed by atoms with van der Waals surface area (Å²) < 4.78 is 16.9. The van der Waals surface area contributed by atoms with Crippen LogP contribution in [0.5, 0.6) is 11.5 Å². The van der Waals surface area contributed by atoms with Gasteiger partial charge in [-0.3, -0.25) is 14.2 Å². The van der Waals surface area contributed by atoms with Gasteiger partial charge in [-0.15, -0.1) is 11.3 Å². The van der Waals surface area contributed by atoms with Crippen molar-refractivity contribution in [2.24, 2.45) is 5.92 Å². The molecule has 2 heterocycles. The molecule has 9 nitrogen and oxygen atoms in total. The summed E-state index contributed by atoms with van der Waals surface area (Å²) in [6.07, 6.45) is 1.30. The van der Waals surface area contributed by atoms with Crippen LogP contribution in [0.3, 0.4) is 0 Å². The number of thiophene rings is 1. The van der Waals surface area contributed by atoms with Gasteiger partial charge in [0.1, 0.15) is 16.3 Å². The third-order valence-corrected chi connectivity index (χ3v) is 5.81. The van der Waals surface area contributed by atoms with E-state index in [-0.39, 0.29) is 12.5 Å². The molecular formula is C22H25N3O6S. The molecule has 170 valence electrons. The molecule has 1 aromatic carbocycles. The quantitative estimate of drug-likeness (QED) is 0.515. The summed E-state index contributed by atoms with van der Waals surface area (Å²) in [7, 11) is 3.02. The van der Waals surface area contributed by atoms with Gasteiger partial charge in [0.2, 0.25) is 5.91 Å². The van der Waals surface area contributed by atoms with Crippen molar-refractivity contribution in [3.8, 4) is 11.5 Å². The molecule has 0 aliphatic carbocycles. The molecule has 0 unspecified atom stereocenters. The molecule has 0 atom stereocenters. The summed E-state index contributed by atoms with van der Waals surface area (Å²) in [4.78, 5) is 42.9. The number of aryl methyl sites for hydroxylation is 1. The fourth-order valence-electron chi connectivity index (χ4n) is 3.04. The summed E-state index contributed by atoms with van der Waals surface area (Å²) in [5.41, 5.74) is 0.608. The lowest BCUT2D eigenvalue weighted by molar-refractivity contribution is -0.116. The van der Waals surface area contributed by atoms with E-state index in [1.54, 1.807) is 25.1 Å². The van der Waals surface area contributed by atoms with E-state index >= 15 is 0 Å². The van der Waals surface area contributed by atoms with E-state index in [4.69, 9.17) is 14.2 Å². The largest absolute Gasteiger partial charge is 0.493 e. The molecule has 0 radical (unpaired) electrons. The highest BCUT2D eigenvalue weighted by Crippen LogP contribution is 2.30. The minimum atomic E-state index is -0.476. The molecule has 0 saturated heterocycles. The highest BCUT2D eigenvalue weighted by molar-refractivity contribution is 7.20. The molecule has 10 heteroatoms. The first-order valence-corrected chi connectivity index (χ1v) is 10.7.